The number of benzene rings is 1. The van der Waals surface area contributed by atoms with Gasteiger partial charge in [0.15, 0.2) is 0 Å². The van der Waals surface area contributed by atoms with Crippen LogP contribution in [0.4, 0.5) is 0 Å². The van der Waals surface area contributed by atoms with Crippen LogP contribution in [0.1, 0.15) is 28.6 Å². The van der Waals surface area contributed by atoms with E-state index in [0.29, 0.717) is 23.6 Å². The summed E-state index contributed by atoms with van der Waals surface area (Å²) >= 11 is 4.89. The Bertz CT molecular complexity index is 591. The Labute approximate surface area is 123 Å². The van der Waals surface area contributed by atoms with E-state index in [1.807, 2.05) is 19.1 Å². The lowest BCUT2D eigenvalue weighted by molar-refractivity contribution is 0.0741. The van der Waals surface area contributed by atoms with Gasteiger partial charge in [0.25, 0.3) is 5.91 Å². The van der Waals surface area contributed by atoms with Gasteiger partial charge in [-0.1, -0.05) is 24.4 Å². The quantitative estimate of drug-likeness (QED) is 0.859. The van der Waals surface area contributed by atoms with Gasteiger partial charge >= 0.3 is 0 Å². The topological polar surface area (TPSA) is 59.5 Å². The van der Waals surface area contributed by atoms with Crippen LogP contribution in [0.3, 0.4) is 0 Å². The molecule has 2 aromatic rings. The molecule has 1 aromatic heterocycles. The number of amides is 1. The maximum Gasteiger partial charge on any atom is 0.254 e. The molecule has 2 N–H and O–H groups in total. The second-order valence-corrected chi connectivity index (χ2v) is 4.78. The second kappa shape index (κ2) is 6.34. The third kappa shape index (κ3) is 3.24. The summed E-state index contributed by atoms with van der Waals surface area (Å²) < 4.78 is 5.27. The van der Waals surface area contributed by atoms with E-state index in [2.05, 4.69) is 0 Å². The number of nitrogens with two attached hydrogens (primary N) is 1. The summed E-state index contributed by atoms with van der Waals surface area (Å²) in [5.74, 6) is 0.721. The first-order valence-electron chi connectivity index (χ1n) is 6.33. The van der Waals surface area contributed by atoms with E-state index in [1.165, 1.54) is 0 Å². The molecule has 5 heteroatoms. The Morgan fingerprint density at radius 1 is 1.25 bits per heavy atom. The van der Waals surface area contributed by atoms with Crippen molar-refractivity contribution in [2.75, 3.05) is 6.54 Å². The van der Waals surface area contributed by atoms with E-state index >= 15 is 0 Å². The molecule has 0 saturated carbocycles. The average Bonchev–Trinajstić information content (AvgIpc) is 2.97. The highest BCUT2D eigenvalue weighted by molar-refractivity contribution is 7.80. The van der Waals surface area contributed by atoms with Gasteiger partial charge in [-0.05, 0) is 31.2 Å². The molecule has 20 heavy (non-hydrogen) atoms. The van der Waals surface area contributed by atoms with Gasteiger partial charge in [-0.25, -0.2) is 0 Å². The fourth-order valence-corrected chi connectivity index (χ4v) is 2.01. The molecule has 0 radical (unpaired) electrons. The summed E-state index contributed by atoms with van der Waals surface area (Å²) in [6.45, 7) is 3.00. The number of rotatable bonds is 5. The Balaban J connectivity index is 2.13. The van der Waals surface area contributed by atoms with Crippen molar-refractivity contribution < 1.29 is 9.21 Å². The third-order valence-corrected chi connectivity index (χ3v) is 3.25. The fourth-order valence-electron chi connectivity index (χ4n) is 1.88. The van der Waals surface area contributed by atoms with Crippen molar-refractivity contribution in [2.24, 2.45) is 5.73 Å². The lowest BCUT2D eigenvalue weighted by Gasteiger charge is -2.19. The van der Waals surface area contributed by atoms with Gasteiger partial charge in [0.1, 0.15) is 10.7 Å². The summed E-state index contributed by atoms with van der Waals surface area (Å²) in [7, 11) is 0. The number of nitrogens with zero attached hydrogens (tertiary/aromatic N) is 1. The smallest absolute Gasteiger partial charge is 0.254 e. The Hall–Kier alpha value is -2.14. The molecule has 0 unspecified atom stereocenters. The molecule has 0 saturated heterocycles. The number of carbonyl (C=O) groups excluding carboxylic acids is 1. The minimum atomic E-state index is -0.0432. The number of carbonyl (C=O) groups is 1. The van der Waals surface area contributed by atoms with Crippen LogP contribution in [0, 0.1) is 0 Å². The van der Waals surface area contributed by atoms with Crippen LogP contribution in [0.25, 0.3) is 0 Å². The summed E-state index contributed by atoms with van der Waals surface area (Å²) in [4.78, 5) is 14.4. The van der Waals surface area contributed by atoms with Crippen LogP contribution in [0.5, 0.6) is 0 Å². The van der Waals surface area contributed by atoms with Gasteiger partial charge < -0.3 is 15.1 Å². The number of thiocarbonyl (C=S) groups is 1. The van der Waals surface area contributed by atoms with E-state index in [-0.39, 0.29) is 5.91 Å². The number of furan rings is 1. The Kier molecular flexibility index (Phi) is 4.53. The molecular formula is C15H16N2O2S. The van der Waals surface area contributed by atoms with E-state index in [9.17, 15) is 4.79 Å². The molecule has 0 spiro atoms. The molecule has 0 aliphatic heterocycles. The Morgan fingerprint density at radius 2 is 1.90 bits per heavy atom. The van der Waals surface area contributed by atoms with Crippen molar-refractivity contribution in [1.29, 1.82) is 0 Å². The molecule has 0 bridgehead atoms. The maximum atomic E-state index is 12.4. The van der Waals surface area contributed by atoms with E-state index in [1.54, 1.807) is 35.4 Å². The molecule has 1 heterocycles. The minimum absolute atomic E-state index is 0.0432. The van der Waals surface area contributed by atoms with Gasteiger partial charge in [-0.3, -0.25) is 4.79 Å². The molecule has 1 amide bonds. The molecule has 0 atom stereocenters. The standard InChI is InChI=1S/C15H16N2O2S/c1-2-17(10-13-4-3-9-19-13)15(18)12-7-5-11(6-8-12)14(16)20/h3-9H,2,10H2,1H3,(H2,16,20). The predicted octanol–water partition coefficient (Wildman–Crippen LogP) is 2.58. The van der Waals surface area contributed by atoms with Gasteiger partial charge in [0.2, 0.25) is 0 Å². The van der Waals surface area contributed by atoms with Crippen molar-refractivity contribution in [2.45, 2.75) is 13.5 Å². The largest absolute Gasteiger partial charge is 0.467 e. The fraction of sp³-hybridized carbons (Fsp3) is 0.200. The highest BCUT2D eigenvalue weighted by atomic mass is 32.1. The van der Waals surface area contributed by atoms with Crippen LogP contribution in [-0.2, 0) is 6.54 Å². The normalized spacial score (nSPS) is 10.2. The molecule has 104 valence electrons. The molecule has 0 aliphatic rings. The van der Waals surface area contributed by atoms with Crippen LogP contribution in [0.15, 0.2) is 47.1 Å². The van der Waals surface area contributed by atoms with Gasteiger partial charge in [0, 0.05) is 17.7 Å². The number of hydrogen-bond acceptors (Lipinski definition) is 3. The first-order chi connectivity index (χ1) is 9.61. The molecule has 2 rings (SSSR count). The SMILES string of the molecule is CCN(Cc1ccco1)C(=O)c1ccc(C(N)=S)cc1. The average molecular weight is 288 g/mol. The first-order valence-corrected chi connectivity index (χ1v) is 6.74. The molecule has 0 fully saturated rings. The summed E-state index contributed by atoms with van der Waals surface area (Å²) in [6.07, 6.45) is 1.60. The molecule has 4 nitrogen and oxygen atoms in total. The second-order valence-electron chi connectivity index (χ2n) is 4.34. The maximum absolute atomic E-state index is 12.4. The zero-order valence-electron chi connectivity index (χ0n) is 11.2. The monoisotopic (exact) mass is 288 g/mol. The van der Waals surface area contributed by atoms with Crippen LogP contribution in [0.2, 0.25) is 0 Å². The van der Waals surface area contributed by atoms with Crippen LogP contribution >= 0.6 is 12.2 Å². The van der Waals surface area contributed by atoms with Crippen LogP contribution < -0.4 is 5.73 Å². The summed E-state index contributed by atoms with van der Waals surface area (Å²) in [5, 5.41) is 0. The zero-order chi connectivity index (χ0) is 14.5. The van der Waals surface area contributed by atoms with Gasteiger partial charge in [0.05, 0.1) is 12.8 Å². The third-order valence-electron chi connectivity index (χ3n) is 3.01. The first kappa shape index (κ1) is 14.3. The molecular weight excluding hydrogens is 272 g/mol. The van der Waals surface area contributed by atoms with Gasteiger partial charge in [-0.15, -0.1) is 0 Å². The Morgan fingerprint density at radius 3 is 2.40 bits per heavy atom. The number of hydrogen-bond donors (Lipinski definition) is 1. The summed E-state index contributed by atoms with van der Waals surface area (Å²) in [6, 6.07) is 10.7. The highest BCUT2D eigenvalue weighted by Gasteiger charge is 2.15. The van der Waals surface area contributed by atoms with E-state index < -0.39 is 0 Å². The van der Waals surface area contributed by atoms with Gasteiger partial charge in [-0.2, -0.15) is 0 Å². The summed E-state index contributed by atoms with van der Waals surface area (Å²) in [5.41, 5.74) is 6.90. The lowest BCUT2D eigenvalue weighted by atomic mass is 10.1. The molecule has 0 aliphatic carbocycles. The van der Waals surface area contributed by atoms with Crippen molar-refractivity contribution in [1.82, 2.24) is 4.90 Å². The van der Waals surface area contributed by atoms with Crippen LogP contribution in [-0.4, -0.2) is 22.3 Å². The predicted molar refractivity (Wildman–Crippen MR) is 81.5 cm³/mol. The molecule has 1 aromatic carbocycles. The minimum Gasteiger partial charge on any atom is -0.467 e. The van der Waals surface area contributed by atoms with Crippen molar-refractivity contribution >= 4 is 23.1 Å². The zero-order valence-corrected chi connectivity index (χ0v) is 12.0. The van der Waals surface area contributed by atoms with Crippen molar-refractivity contribution in [3.63, 3.8) is 0 Å². The lowest BCUT2D eigenvalue weighted by Crippen LogP contribution is -2.30. The van der Waals surface area contributed by atoms with Crippen molar-refractivity contribution in [3.05, 3.63) is 59.5 Å². The van der Waals surface area contributed by atoms with Crippen molar-refractivity contribution in [3.8, 4) is 0 Å². The van der Waals surface area contributed by atoms with E-state index in [4.69, 9.17) is 22.4 Å². The van der Waals surface area contributed by atoms with E-state index in [0.717, 1.165) is 11.3 Å². The highest BCUT2D eigenvalue weighted by Crippen LogP contribution is 2.11.